The highest BCUT2D eigenvalue weighted by molar-refractivity contribution is 5.78. The van der Waals surface area contributed by atoms with Crippen LogP contribution in [0.5, 0.6) is 0 Å². The van der Waals surface area contributed by atoms with Gasteiger partial charge >= 0.3 is 6.18 Å². The van der Waals surface area contributed by atoms with Crippen LogP contribution in [0.25, 0.3) is 0 Å². The summed E-state index contributed by atoms with van der Waals surface area (Å²) >= 11 is 0. The molecule has 0 saturated carbocycles. The van der Waals surface area contributed by atoms with Gasteiger partial charge < -0.3 is 10.0 Å². The highest BCUT2D eigenvalue weighted by Gasteiger charge is 2.57. The first-order chi connectivity index (χ1) is 6.67. The summed E-state index contributed by atoms with van der Waals surface area (Å²) in [6.45, 7) is 2.56. The van der Waals surface area contributed by atoms with Crippen molar-refractivity contribution in [3.8, 4) is 0 Å². The Bertz CT molecular complexity index is 265. The van der Waals surface area contributed by atoms with Gasteiger partial charge in [-0.3, -0.25) is 4.79 Å². The summed E-state index contributed by atoms with van der Waals surface area (Å²) in [5.41, 5.74) is -2.72. The molecular formula is C9H14F3NO2. The van der Waals surface area contributed by atoms with E-state index in [1.54, 1.807) is 13.8 Å². The molecule has 0 radical (unpaired) electrons. The van der Waals surface area contributed by atoms with E-state index in [0.717, 1.165) is 4.90 Å². The van der Waals surface area contributed by atoms with Crippen molar-refractivity contribution in [2.24, 2.45) is 5.92 Å². The third-order valence-corrected chi connectivity index (χ3v) is 2.58. The van der Waals surface area contributed by atoms with Crippen LogP contribution in [-0.2, 0) is 4.79 Å². The number of carbonyl (C=O) groups is 1. The monoisotopic (exact) mass is 225 g/mol. The summed E-state index contributed by atoms with van der Waals surface area (Å²) in [7, 11) is 0. The summed E-state index contributed by atoms with van der Waals surface area (Å²) in [5.74, 6) is -0.698. The van der Waals surface area contributed by atoms with Crippen LogP contribution in [-0.4, -0.2) is 40.8 Å². The van der Waals surface area contributed by atoms with Gasteiger partial charge in [0.15, 0.2) is 5.60 Å². The lowest BCUT2D eigenvalue weighted by Crippen LogP contribution is -2.48. The first kappa shape index (κ1) is 12.3. The van der Waals surface area contributed by atoms with E-state index in [1.807, 2.05) is 0 Å². The van der Waals surface area contributed by atoms with Crippen molar-refractivity contribution in [1.82, 2.24) is 4.90 Å². The van der Waals surface area contributed by atoms with Crippen molar-refractivity contribution in [2.45, 2.75) is 32.0 Å². The van der Waals surface area contributed by atoms with Crippen LogP contribution in [0.1, 0.15) is 20.3 Å². The molecule has 0 aromatic heterocycles. The lowest BCUT2D eigenvalue weighted by atomic mass is 10.0. The van der Waals surface area contributed by atoms with Crippen LogP contribution < -0.4 is 0 Å². The molecule has 0 aromatic carbocycles. The maximum atomic E-state index is 12.4. The highest BCUT2D eigenvalue weighted by Crippen LogP contribution is 2.37. The van der Waals surface area contributed by atoms with E-state index in [-0.39, 0.29) is 18.4 Å². The van der Waals surface area contributed by atoms with Crippen LogP contribution in [0.3, 0.4) is 0 Å². The smallest absolute Gasteiger partial charge is 0.379 e. The Balaban J connectivity index is 2.71. The Morgan fingerprint density at radius 1 is 1.47 bits per heavy atom. The number of alkyl halides is 3. The molecule has 1 aliphatic rings. The van der Waals surface area contributed by atoms with Crippen molar-refractivity contribution in [1.29, 1.82) is 0 Å². The van der Waals surface area contributed by atoms with Crippen LogP contribution in [0, 0.1) is 5.92 Å². The van der Waals surface area contributed by atoms with E-state index in [2.05, 4.69) is 0 Å². The second-order valence-corrected chi connectivity index (χ2v) is 4.19. The normalized spacial score (nSPS) is 27.5. The van der Waals surface area contributed by atoms with Gasteiger partial charge in [0.25, 0.3) is 0 Å². The predicted molar refractivity (Wildman–Crippen MR) is 47.0 cm³/mol. The van der Waals surface area contributed by atoms with Gasteiger partial charge in [0.2, 0.25) is 5.91 Å². The molecule has 0 spiro atoms. The number of hydrogen-bond acceptors (Lipinski definition) is 2. The van der Waals surface area contributed by atoms with E-state index < -0.39 is 24.7 Å². The molecule has 1 N–H and O–H groups in total. The maximum Gasteiger partial charge on any atom is 0.419 e. The number of amides is 1. The zero-order valence-corrected chi connectivity index (χ0v) is 8.64. The summed E-state index contributed by atoms with van der Waals surface area (Å²) < 4.78 is 37.2. The Morgan fingerprint density at radius 3 is 2.33 bits per heavy atom. The van der Waals surface area contributed by atoms with Crippen molar-refractivity contribution in [3.63, 3.8) is 0 Å². The van der Waals surface area contributed by atoms with Gasteiger partial charge in [0.1, 0.15) is 0 Å². The molecule has 3 nitrogen and oxygen atoms in total. The third-order valence-electron chi connectivity index (χ3n) is 2.58. The molecule has 1 heterocycles. The number of hydrogen-bond donors (Lipinski definition) is 1. The topological polar surface area (TPSA) is 40.5 Å². The zero-order valence-electron chi connectivity index (χ0n) is 8.64. The fraction of sp³-hybridized carbons (Fsp3) is 0.889. The van der Waals surface area contributed by atoms with Crippen molar-refractivity contribution < 1.29 is 23.1 Å². The van der Waals surface area contributed by atoms with Crippen molar-refractivity contribution >= 4 is 5.91 Å². The molecule has 1 rings (SSSR count). The predicted octanol–water partition coefficient (Wildman–Crippen LogP) is 1.17. The molecule has 1 saturated heterocycles. The molecule has 1 fully saturated rings. The highest BCUT2D eigenvalue weighted by atomic mass is 19.4. The first-order valence-corrected chi connectivity index (χ1v) is 4.75. The standard InChI is InChI=1S/C9H14F3NO2/c1-6(2)7(14)13-4-3-8(15,5-13)9(10,11)12/h6,15H,3-5H2,1-2H3. The van der Waals surface area contributed by atoms with Gasteiger partial charge in [0, 0.05) is 18.9 Å². The van der Waals surface area contributed by atoms with E-state index in [0.29, 0.717) is 0 Å². The van der Waals surface area contributed by atoms with E-state index >= 15 is 0 Å². The van der Waals surface area contributed by atoms with E-state index in [1.165, 1.54) is 0 Å². The third kappa shape index (κ3) is 2.25. The fourth-order valence-corrected chi connectivity index (χ4v) is 1.58. The van der Waals surface area contributed by atoms with Gasteiger partial charge in [-0.2, -0.15) is 13.2 Å². The number of rotatable bonds is 1. The van der Waals surface area contributed by atoms with E-state index in [4.69, 9.17) is 0 Å². The van der Waals surface area contributed by atoms with Gasteiger partial charge in [0.05, 0.1) is 6.54 Å². The second-order valence-electron chi connectivity index (χ2n) is 4.19. The molecule has 0 aliphatic carbocycles. The molecule has 1 amide bonds. The Morgan fingerprint density at radius 2 is 2.00 bits per heavy atom. The molecule has 6 heteroatoms. The number of likely N-dealkylation sites (tertiary alicyclic amines) is 1. The zero-order chi connectivity index (χ0) is 11.9. The average Bonchev–Trinajstić information content (AvgIpc) is 2.46. The van der Waals surface area contributed by atoms with Crippen LogP contribution in [0.4, 0.5) is 13.2 Å². The van der Waals surface area contributed by atoms with Crippen LogP contribution >= 0.6 is 0 Å². The number of aliphatic hydroxyl groups is 1. The Labute approximate surface area is 85.9 Å². The van der Waals surface area contributed by atoms with Gasteiger partial charge in [-0.1, -0.05) is 13.8 Å². The minimum absolute atomic E-state index is 0.0347. The molecule has 1 unspecified atom stereocenters. The Kier molecular flexibility index (Phi) is 3.00. The summed E-state index contributed by atoms with van der Waals surface area (Å²) in [6.07, 6.45) is -5.10. The van der Waals surface area contributed by atoms with Crippen LogP contribution in [0.2, 0.25) is 0 Å². The molecule has 1 atom stereocenters. The minimum atomic E-state index is -4.67. The summed E-state index contributed by atoms with van der Waals surface area (Å²) in [4.78, 5) is 12.5. The number of nitrogens with zero attached hydrogens (tertiary/aromatic N) is 1. The lowest BCUT2D eigenvalue weighted by Gasteiger charge is -2.26. The molecule has 1 aliphatic heterocycles. The van der Waals surface area contributed by atoms with E-state index in [9.17, 15) is 23.1 Å². The fourth-order valence-electron chi connectivity index (χ4n) is 1.58. The first-order valence-electron chi connectivity index (χ1n) is 4.75. The molecule has 0 aromatic rings. The van der Waals surface area contributed by atoms with Gasteiger partial charge in [-0.05, 0) is 0 Å². The minimum Gasteiger partial charge on any atom is -0.379 e. The largest absolute Gasteiger partial charge is 0.419 e. The molecule has 88 valence electrons. The summed E-state index contributed by atoms with van der Waals surface area (Å²) in [6, 6.07) is 0. The molecular weight excluding hydrogens is 211 g/mol. The second kappa shape index (κ2) is 3.66. The number of carbonyl (C=O) groups excluding carboxylic acids is 1. The van der Waals surface area contributed by atoms with Gasteiger partial charge in [-0.25, -0.2) is 0 Å². The SMILES string of the molecule is CC(C)C(=O)N1CCC(O)(C(F)(F)F)C1. The Hall–Kier alpha value is -0.780. The number of halogens is 3. The van der Waals surface area contributed by atoms with Crippen molar-refractivity contribution in [3.05, 3.63) is 0 Å². The number of β-amino-alcohol motifs (C(OH)–C–C–N with tert-alkyl or cyclic N) is 1. The summed E-state index contributed by atoms with van der Waals surface area (Å²) in [5, 5.41) is 9.31. The van der Waals surface area contributed by atoms with Gasteiger partial charge in [-0.15, -0.1) is 0 Å². The van der Waals surface area contributed by atoms with Crippen molar-refractivity contribution in [2.75, 3.05) is 13.1 Å². The lowest BCUT2D eigenvalue weighted by molar-refractivity contribution is -0.253. The molecule has 15 heavy (non-hydrogen) atoms. The average molecular weight is 225 g/mol. The quantitative estimate of drug-likeness (QED) is 0.727. The maximum absolute atomic E-state index is 12.4. The van der Waals surface area contributed by atoms with Crippen LogP contribution in [0.15, 0.2) is 0 Å². The molecule has 0 bridgehead atoms.